The lowest BCUT2D eigenvalue weighted by Gasteiger charge is -2.03. The van der Waals surface area contributed by atoms with Crippen LogP contribution in [0.3, 0.4) is 0 Å². The van der Waals surface area contributed by atoms with Crippen LogP contribution in [0.15, 0.2) is 37.0 Å². The van der Waals surface area contributed by atoms with Gasteiger partial charge in [-0.15, -0.1) is 13.2 Å². The highest BCUT2D eigenvalue weighted by Gasteiger charge is 1.94. The lowest BCUT2D eigenvalue weighted by Crippen LogP contribution is -1.88. The first kappa shape index (κ1) is 12.9. The lowest BCUT2D eigenvalue weighted by atomic mass is 10.0. The van der Waals surface area contributed by atoms with Gasteiger partial charge in [-0.3, -0.25) is 0 Å². The highest BCUT2D eigenvalue weighted by Crippen LogP contribution is 2.09. The van der Waals surface area contributed by atoms with E-state index in [0.29, 0.717) is 5.92 Å². The third-order valence-corrected chi connectivity index (χ3v) is 1.36. The standard InChI is InChI=1S/C9H16.C2H4/c1-5-7-9(6-2)8(3)4;1-2/h5-8H,1-4H3;1-2H2/b7-5-,9-6+;. The number of rotatable bonds is 2. The highest BCUT2D eigenvalue weighted by atomic mass is 14.0. The second-order valence-corrected chi connectivity index (χ2v) is 2.44. The molecular weight excluding hydrogens is 132 g/mol. The van der Waals surface area contributed by atoms with Gasteiger partial charge < -0.3 is 0 Å². The van der Waals surface area contributed by atoms with Gasteiger partial charge in [0.1, 0.15) is 0 Å². The zero-order chi connectivity index (χ0) is 9.28. The van der Waals surface area contributed by atoms with Crippen LogP contribution in [0.5, 0.6) is 0 Å². The minimum atomic E-state index is 0.659. The highest BCUT2D eigenvalue weighted by molar-refractivity contribution is 5.18. The summed E-state index contributed by atoms with van der Waals surface area (Å²) >= 11 is 0. The van der Waals surface area contributed by atoms with Crippen LogP contribution in [0.4, 0.5) is 0 Å². The molecule has 0 heterocycles. The van der Waals surface area contributed by atoms with Gasteiger partial charge in [-0.1, -0.05) is 37.6 Å². The molecule has 0 aliphatic carbocycles. The number of allylic oxidation sites excluding steroid dienone is 4. The molecule has 0 saturated carbocycles. The molecule has 0 N–H and O–H groups in total. The fourth-order valence-corrected chi connectivity index (χ4v) is 0.814. The summed E-state index contributed by atoms with van der Waals surface area (Å²) in [5.74, 6) is 0.659. The van der Waals surface area contributed by atoms with Gasteiger partial charge in [0.15, 0.2) is 0 Å². The monoisotopic (exact) mass is 152 g/mol. The summed E-state index contributed by atoms with van der Waals surface area (Å²) in [7, 11) is 0. The normalized spacial score (nSPS) is 11.5. The third-order valence-electron chi connectivity index (χ3n) is 1.36. The zero-order valence-corrected chi connectivity index (χ0v) is 8.22. The van der Waals surface area contributed by atoms with E-state index in [1.54, 1.807) is 0 Å². The summed E-state index contributed by atoms with van der Waals surface area (Å²) in [6.07, 6.45) is 6.39. The van der Waals surface area contributed by atoms with Crippen LogP contribution in [0.2, 0.25) is 0 Å². The fraction of sp³-hybridized carbons (Fsp3) is 0.455. The quantitative estimate of drug-likeness (QED) is 0.415. The van der Waals surface area contributed by atoms with Crippen molar-refractivity contribution >= 4 is 0 Å². The van der Waals surface area contributed by atoms with Crippen LogP contribution in [0, 0.1) is 5.92 Å². The molecule has 0 fully saturated rings. The first-order chi connectivity index (χ1) is 5.22. The van der Waals surface area contributed by atoms with Crippen LogP contribution < -0.4 is 0 Å². The van der Waals surface area contributed by atoms with Crippen molar-refractivity contribution in [1.82, 2.24) is 0 Å². The second-order valence-electron chi connectivity index (χ2n) is 2.44. The maximum Gasteiger partial charge on any atom is -0.0222 e. The van der Waals surface area contributed by atoms with Crippen LogP contribution in [-0.4, -0.2) is 0 Å². The second kappa shape index (κ2) is 9.22. The molecule has 0 atom stereocenters. The van der Waals surface area contributed by atoms with Crippen molar-refractivity contribution in [3.8, 4) is 0 Å². The van der Waals surface area contributed by atoms with Crippen molar-refractivity contribution in [2.24, 2.45) is 5.92 Å². The van der Waals surface area contributed by atoms with Crippen molar-refractivity contribution in [2.45, 2.75) is 27.7 Å². The van der Waals surface area contributed by atoms with Gasteiger partial charge in [0.2, 0.25) is 0 Å². The zero-order valence-electron chi connectivity index (χ0n) is 8.22. The average molecular weight is 152 g/mol. The molecule has 0 aromatic rings. The lowest BCUT2D eigenvalue weighted by molar-refractivity contribution is 0.789. The Morgan fingerprint density at radius 3 is 1.73 bits per heavy atom. The molecule has 0 rings (SSSR count). The van der Waals surface area contributed by atoms with Gasteiger partial charge in [-0.25, -0.2) is 0 Å². The first-order valence-corrected chi connectivity index (χ1v) is 4.01. The van der Waals surface area contributed by atoms with Gasteiger partial charge in [0.25, 0.3) is 0 Å². The number of hydrogen-bond donors (Lipinski definition) is 0. The molecule has 0 heteroatoms. The van der Waals surface area contributed by atoms with E-state index in [0.717, 1.165) is 0 Å². The molecule has 64 valence electrons. The van der Waals surface area contributed by atoms with E-state index in [9.17, 15) is 0 Å². The van der Waals surface area contributed by atoms with Gasteiger partial charge in [0, 0.05) is 0 Å². The Kier molecular flexibility index (Phi) is 10.8. The largest absolute Gasteiger partial charge is 0.106 e. The molecule has 0 unspecified atom stereocenters. The molecule has 0 nitrogen and oxygen atoms in total. The molecule has 0 aromatic carbocycles. The molecule has 0 radical (unpaired) electrons. The molecule has 0 aliphatic heterocycles. The molecule has 0 amide bonds. The van der Waals surface area contributed by atoms with Gasteiger partial charge >= 0.3 is 0 Å². The Morgan fingerprint density at radius 2 is 1.64 bits per heavy atom. The van der Waals surface area contributed by atoms with Gasteiger partial charge in [-0.05, 0) is 19.8 Å². The van der Waals surface area contributed by atoms with Gasteiger partial charge in [-0.2, -0.15) is 0 Å². The van der Waals surface area contributed by atoms with E-state index >= 15 is 0 Å². The van der Waals surface area contributed by atoms with Crippen molar-refractivity contribution in [1.29, 1.82) is 0 Å². The molecule has 0 saturated heterocycles. The summed E-state index contributed by atoms with van der Waals surface area (Å²) in [6, 6.07) is 0. The molecule has 0 aromatic heterocycles. The van der Waals surface area contributed by atoms with E-state index in [2.05, 4.69) is 52.2 Å². The van der Waals surface area contributed by atoms with Gasteiger partial charge in [0.05, 0.1) is 0 Å². The minimum Gasteiger partial charge on any atom is -0.106 e. The average Bonchev–Trinajstić information content (AvgIpc) is 2.03. The number of hydrogen-bond acceptors (Lipinski definition) is 0. The summed E-state index contributed by atoms with van der Waals surface area (Å²) in [4.78, 5) is 0. The summed E-state index contributed by atoms with van der Waals surface area (Å²) in [6.45, 7) is 14.5. The summed E-state index contributed by atoms with van der Waals surface area (Å²) in [5.41, 5.74) is 1.41. The smallest absolute Gasteiger partial charge is 0.0222 e. The summed E-state index contributed by atoms with van der Waals surface area (Å²) in [5, 5.41) is 0. The van der Waals surface area contributed by atoms with E-state index in [-0.39, 0.29) is 0 Å². The Morgan fingerprint density at radius 1 is 1.18 bits per heavy atom. The van der Waals surface area contributed by atoms with E-state index in [1.807, 2.05) is 6.92 Å². The molecule has 0 bridgehead atoms. The maximum atomic E-state index is 3.00. The van der Waals surface area contributed by atoms with Crippen molar-refractivity contribution in [2.75, 3.05) is 0 Å². The molecular formula is C11H20. The van der Waals surface area contributed by atoms with Crippen LogP contribution in [-0.2, 0) is 0 Å². The molecule has 0 spiro atoms. The van der Waals surface area contributed by atoms with E-state index < -0.39 is 0 Å². The van der Waals surface area contributed by atoms with Crippen molar-refractivity contribution in [3.05, 3.63) is 37.0 Å². The van der Waals surface area contributed by atoms with E-state index in [4.69, 9.17) is 0 Å². The van der Waals surface area contributed by atoms with Crippen molar-refractivity contribution in [3.63, 3.8) is 0 Å². The third kappa shape index (κ3) is 7.11. The van der Waals surface area contributed by atoms with Crippen molar-refractivity contribution < 1.29 is 0 Å². The Balaban J connectivity index is 0. The Labute approximate surface area is 71.3 Å². The van der Waals surface area contributed by atoms with Crippen LogP contribution in [0.1, 0.15) is 27.7 Å². The first-order valence-electron chi connectivity index (χ1n) is 4.01. The van der Waals surface area contributed by atoms with E-state index in [1.165, 1.54) is 5.57 Å². The predicted octanol–water partition coefficient (Wildman–Crippen LogP) is 3.97. The SMILES string of the molecule is C/C=C\C(=C/C)C(C)C.C=C. The predicted molar refractivity (Wildman–Crippen MR) is 54.7 cm³/mol. The minimum absolute atomic E-state index is 0.659. The molecule has 11 heavy (non-hydrogen) atoms. The Hall–Kier alpha value is -0.780. The summed E-state index contributed by atoms with van der Waals surface area (Å²) < 4.78 is 0. The van der Waals surface area contributed by atoms with Crippen LogP contribution >= 0.6 is 0 Å². The Bertz CT molecular complexity index is 127. The molecule has 0 aliphatic rings. The van der Waals surface area contributed by atoms with Crippen LogP contribution in [0.25, 0.3) is 0 Å². The maximum absolute atomic E-state index is 3.00. The fourth-order valence-electron chi connectivity index (χ4n) is 0.814. The topological polar surface area (TPSA) is 0 Å².